The summed E-state index contributed by atoms with van der Waals surface area (Å²) in [4.78, 5) is 19.3. The Morgan fingerprint density at radius 1 is 1.27 bits per heavy atom. The zero-order valence-electron chi connectivity index (χ0n) is 15.3. The summed E-state index contributed by atoms with van der Waals surface area (Å²) in [6, 6.07) is 7.87. The standard InChI is InChI=1S/C20H26N2O2S2/c1-2-24-15-9-11-16(12-10-15)25-14-19(23)21-13-5-8-20-22-17-6-3-4-7-18(17)26-20/h9-12H,2-8,13-14H2,1H3,(H,21,23). The zero-order chi connectivity index (χ0) is 18.2. The van der Waals surface area contributed by atoms with Crippen LogP contribution >= 0.6 is 23.1 Å². The molecular formula is C20H26N2O2S2. The van der Waals surface area contributed by atoms with E-state index in [4.69, 9.17) is 9.72 Å². The van der Waals surface area contributed by atoms with Crippen LogP contribution in [0.4, 0.5) is 0 Å². The van der Waals surface area contributed by atoms with Crippen molar-refractivity contribution in [3.63, 3.8) is 0 Å². The second-order valence-electron chi connectivity index (χ2n) is 6.33. The number of aryl methyl sites for hydroxylation is 3. The molecule has 2 aromatic rings. The summed E-state index contributed by atoms with van der Waals surface area (Å²) in [5.74, 6) is 1.40. The average Bonchev–Trinajstić information content (AvgIpc) is 3.08. The van der Waals surface area contributed by atoms with Gasteiger partial charge in [-0.05, 0) is 63.3 Å². The molecule has 6 heteroatoms. The Bertz CT molecular complexity index is 690. The van der Waals surface area contributed by atoms with Crippen LogP contribution in [0.5, 0.6) is 5.75 Å². The Labute approximate surface area is 163 Å². The molecule has 0 aliphatic heterocycles. The summed E-state index contributed by atoms with van der Waals surface area (Å²) < 4.78 is 5.42. The van der Waals surface area contributed by atoms with E-state index in [1.165, 1.54) is 34.8 Å². The first-order valence-electron chi connectivity index (χ1n) is 9.34. The van der Waals surface area contributed by atoms with Crippen molar-refractivity contribution in [3.05, 3.63) is 39.8 Å². The summed E-state index contributed by atoms with van der Waals surface area (Å²) in [6.45, 7) is 3.35. The van der Waals surface area contributed by atoms with Crippen molar-refractivity contribution in [3.8, 4) is 5.75 Å². The molecule has 0 spiro atoms. The molecule has 0 saturated heterocycles. The molecule has 1 heterocycles. The number of thiazole rings is 1. The number of carbonyl (C=O) groups is 1. The largest absolute Gasteiger partial charge is 0.494 e. The van der Waals surface area contributed by atoms with Crippen LogP contribution in [-0.4, -0.2) is 29.8 Å². The highest BCUT2D eigenvalue weighted by Gasteiger charge is 2.14. The zero-order valence-corrected chi connectivity index (χ0v) is 16.9. The van der Waals surface area contributed by atoms with Gasteiger partial charge in [0.1, 0.15) is 5.75 Å². The quantitative estimate of drug-likeness (QED) is 0.513. The van der Waals surface area contributed by atoms with Gasteiger partial charge in [-0.25, -0.2) is 4.98 Å². The lowest BCUT2D eigenvalue weighted by Gasteiger charge is -2.06. The second-order valence-corrected chi connectivity index (χ2v) is 8.55. The third kappa shape index (κ3) is 5.74. The molecule has 1 aliphatic rings. The highest BCUT2D eigenvalue weighted by Crippen LogP contribution is 2.27. The first kappa shape index (κ1) is 19.2. The number of nitrogens with one attached hydrogen (secondary N) is 1. The van der Waals surface area contributed by atoms with E-state index in [9.17, 15) is 4.79 Å². The predicted octanol–water partition coefficient (Wildman–Crippen LogP) is 4.26. The highest BCUT2D eigenvalue weighted by molar-refractivity contribution is 8.00. The van der Waals surface area contributed by atoms with Crippen LogP contribution in [0.2, 0.25) is 0 Å². The van der Waals surface area contributed by atoms with Crippen LogP contribution in [0.25, 0.3) is 0 Å². The minimum Gasteiger partial charge on any atom is -0.494 e. The summed E-state index contributed by atoms with van der Waals surface area (Å²) >= 11 is 3.42. The molecular weight excluding hydrogens is 364 g/mol. The Morgan fingerprint density at radius 3 is 2.85 bits per heavy atom. The number of ether oxygens (including phenoxy) is 1. The van der Waals surface area contributed by atoms with Gasteiger partial charge in [0.15, 0.2) is 0 Å². The second kappa shape index (κ2) is 9.97. The fourth-order valence-corrected chi connectivity index (χ4v) is 4.91. The fraction of sp³-hybridized carbons (Fsp3) is 0.500. The molecule has 3 rings (SSSR count). The van der Waals surface area contributed by atoms with E-state index in [2.05, 4.69) is 5.32 Å². The number of carbonyl (C=O) groups excluding carboxylic acids is 1. The van der Waals surface area contributed by atoms with Crippen LogP contribution in [-0.2, 0) is 24.1 Å². The minimum atomic E-state index is 0.0855. The van der Waals surface area contributed by atoms with Gasteiger partial charge in [-0.15, -0.1) is 23.1 Å². The first-order chi connectivity index (χ1) is 12.7. The van der Waals surface area contributed by atoms with Crippen LogP contribution < -0.4 is 10.1 Å². The molecule has 0 bridgehead atoms. The van der Waals surface area contributed by atoms with Crippen LogP contribution in [0, 0.1) is 0 Å². The monoisotopic (exact) mass is 390 g/mol. The molecule has 0 unspecified atom stereocenters. The number of benzene rings is 1. The molecule has 1 aliphatic carbocycles. The number of hydrogen-bond donors (Lipinski definition) is 1. The Hall–Kier alpha value is -1.53. The number of nitrogens with zero attached hydrogens (tertiary/aromatic N) is 1. The van der Waals surface area contributed by atoms with Gasteiger partial charge in [0.25, 0.3) is 0 Å². The maximum Gasteiger partial charge on any atom is 0.230 e. The Balaban J connectivity index is 1.32. The summed E-state index contributed by atoms with van der Waals surface area (Å²) in [5, 5.41) is 4.24. The van der Waals surface area contributed by atoms with E-state index >= 15 is 0 Å². The number of rotatable bonds is 9. The van der Waals surface area contributed by atoms with Gasteiger partial charge < -0.3 is 10.1 Å². The molecule has 0 atom stereocenters. The Kier molecular flexibility index (Phi) is 7.38. The van der Waals surface area contributed by atoms with Gasteiger partial charge >= 0.3 is 0 Å². The van der Waals surface area contributed by atoms with Crippen LogP contribution in [0.15, 0.2) is 29.2 Å². The van der Waals surface area contributed by atoms with Gasteiger partial charge in [-0.2, -0.15) is 0 Å². The van der Waals surface area contributed by atoms with Gasteiger partial charge in [0.2, 0.25) is 5.91 Å². The van der Waals surface area contributed by atoms with E-state index < -0.39 is 0 Å². The minimum absolute atomic E-state index is 0.0855. The van der Waals surface area contributed by atoms with Gasteiger partial charge in [0.05, 0.1) is 23.1 Å². The molecule has 0 radical (unpaired) electrons. The lowest BCUT2D eigenvalue weighted by atomic mass is 10.0. The molecule has 140 valence electrons. The number of fused-ring (bicyclic) bond motifs is 1. The maximum absolute atomic E-state index is 12.0. The van der Waals surface area contributed by atoms with Crippen LogP contribution in [0.1, 0.15) is 41.8 Å². The van der Waals surface area contributed by atoms with Crippen molar-refractivity contribution < 1.29 is 9.53 Å². The summed E-state index contributed by atoms with van der Waals surface area (Å²) in [6.07, 6.45) is 6.84. The molecule has 1 amide bonds. The highest BCUT2D eigenvalue weighted by atomic mass is 32.2. The molecule has 0 saturated carbocycles. The van der Waals surface area contributed by atoms with Gasteiger partial charge in [-0.3, -0.25) is 4.79 Å². The number of amides is 1. The van der Waals surface area contributed by atoms with E-state index in [1.807, 2.05) is 42.5 Å². The molecule has 1 N–H and O–H groups in total. The molecule has 1 aromatic heterocycles. The lowest BCUT2D eigenvalue weighted by Crippen LogP contribution is -2.26. The molecule has 0 fully saturated rings. The average molecular weight is 391 g/mol. The normalized spacial score (nSPS) is 13.3. The number of aromatic nitrogens is 1. The fourth-order valence-electron chi connectivity index (χ4n) is 2.98. The van der Waals surface area contributed by atoms with Gasteiger partial charge in [0, 0.05) is 22.7 Å². The maximum atomic E-state index is 12.0. The number of hydrogen-bond acceptors (Lipinski definition) is 5. The van der Waals surface area contributed by atoms with E-state index in [-0.39, 0.29) is 5.91 Å². The molecule has 1 aromatic carbocycles. The van der Waals surface area contributed by atoms with Crippen molar-refractivity contribution in [2.24, 2.45) is 0 Å². The smallest absolute Gasteiger partial charge is 0.230 e. The SMILES string of the molecule is CCOc1ccc(SCC(=O)NCCCc2nc3c(s2)CCCC3)cc1. The predicted molar refractivity (Wildman–Crippen MR) is 108 cm³/mol. The first-order valence-corrected chi connectivity index (χ1v) is 11.1. The van der Waals surface area contributed by atoms with Gasteiger partial charge in [-0.1, -0.05) is 0 Å². The topological polar surface area (TPSA) is 51.2 Å². The molecule has 26 heavy (non-hydrogen) atoms. The Morgan fingerprint density at radius 2 is 2.08 bits per heavy atom. The lowest BCUT2D eigenvalue weighted by molar-refractivity contribution is -0.118. The van der Waals surface area contributed by atoms with Crippen LogP contribution in [0.3, 0.4) is 0 Å². The van der Waals surface area contributed by atoms with Crippen molar-refractivity contribution >= 4 is 29.0 Å². The van der Waals surface area contributed by atoms with Crippen molar-refractivity contribution in [2.45, 2.75) is 50.3 Å². The van der Waals surface area contributed by atoms with Crippen molar-refractivity contribution in [1.82, 2.24) is 10.3 Å². The van der Waals surface area contributed by atoms with Crippen molar-refractivity contribution in [1.29, 1.82) is 0 Å². The van der Waals surface area contributed by atoms with Crippen molar-refractivity contribution in [2.75, 3.05) is 18.9 Å². The van der Waals surface area contributed by atoms with E-state index in [0.717, 1.165) is 29.9 Å². The molecule has 4 nitrogen and oxygen atoms in total. The third-order valence-corrected chi connectivity index (χ3v) is 6.51. The van der Waals surface area contributed by atoms with E-state index in [1.54, 1.807) is 11.8 Å². The number of thioether (sulfide) groups is 1. The summed E-state index contributed by atoms with van der Waals surface area (Å²) in [5.41, 5.74) is 1.33. The third-order valence-electron chi connectivity index (χ3n) is 4.28. The summed E-state index contributed by atoms with van der Waals surface area (Å²) in [7, 11) is 0. The van der Waals surface area contributed by atoms with E-state index in [0.29, 0.717) is 18.9 Å².